The Morgan fingerprint density at radius 1 is 1.25 bits per heavy atom. The van der Waals surface area contributed by atoms with Crippen molar-refractivity contribution in [3.05, 3.63) is 42.2 Å². The van der Waals surface area contributed by atoms with Crippen LogP contribution < -0.4 is 21.3 Å². The summed E-state index contributed by atoms with van der Waals surface area (Å²) in [6.45, 7) is 4.11. The normalized spacial score (nSPS) is 12.3. The molecule has 15 heteroatoms. The number of nitrogens with zero attached hydrogens (tertiary/aromatic N) is 3. The highest BCUT2D eigenvalue weighted by atomic mass is 19.4. The van der Waals surface area contributed by atoms with E-state index in [0.717, 1.165) is 6.26 Å². The third-order valence-electron chi connectivity index (χ3n) is 5.54. The number of carbonyl (C=O) groups excluding carboxylic acids is 3. The maximum Gasteiger partial charge on any atom is 0.405 e. The predicted octanol–water partition coefficient (Wildman–Crippen LogP) is 2.88. The average molecular weight is 567 g/mol. The number of oxazole rings is 1. The number of aromatic nitrogens is 2. The van der Waals surface area contributed by atoms with Crippen molar-refractivity contribution in [2.75, 3.05) is 32.0 Å². The zero-order valence-electron chi connectivity index (χ0n) is 22.6. The van der Waals surface area contributed by atoms with E-state index < -0.39 is 18.6 Å². The molecular formula is C25H33F3N8O4. The first-order valence-electron chi connectivity index (χ1n) is 12.4. The molecule has 0 saturated heterocycles. The molecule has 5 N–H and O–H groups in total. The molecule has 2 aromatic rings. The molecule has 0 spiro atoms. The van der Waals surface area contributed by atoms with Crippen molar-refractivity contribution in [2.24, 2.45) is 5.92 Å². The Labute approximate surface area is 229 Å². The molecule has 0 aromatic carbocycles. The van der Waals surface area contributed by atoms with Crippen LogP contribution >= 0.6 is 0 Å². The number of carbonyl (C=O) groups is 3. The van der Waals surface area contributed by atoms with Crippen molar-refractivity contribution in [1.29, 1.82) is 5.41 Å². The fourth-order valence-corrected chi connectivity index (χ4v) is 3.39. The van der Waals surface area contributed by atoms with Crippen LogP contribution in [0.3, 0.4) is 0 Å². The number of amides is 3. The van der Waals surface area contributed by atoms with Gasteiger partial charge in [0.1, 0.15) is 18.6 Å². The molecule has 1 unspecified atom stereocenters. The Morgan fingerprint density at radius 3 is 2.58 bits per heavy atom. The van der Waals surface area contributed by atoms with Crippen molar-refractivity contribution in [3.8, 4) is 11.5 Å². The van der Waals surface area contributed by atoms with Crippen molar-refractivity contribution in [3.63, 3.8) is 0 Å². The molecule has 218 valence electrons. The van der Waals surface area contributed by atoms with Crippen LogP contribution in [0.25, 0.3) is 11.5 Å². The molecule has 0 bridgehead atoms. The van der Waals surface area contributed by atoms with Crippen molar-refractivity contribution in [1.82, 2.24) is 30.8 Å². The second kappa shape index (κ2) is 14.6. The second-order valence-electron chi connectivity index (χ2n) is 8.66. The van der Waals surface area contributed by atoms with E-state index >= 15 is 0 Å². The zero-order chi connectivity index (χ0) is 29.9. The molecule has 0 aliphatic rings. The summed E-state index contributed by atoms with van der Waals surface area (Å²) >= 11 is 0. The van der Waals surface area contributed by atoms with Gasteiger partial charge < -0.3 is 25.7 Å². The van der Waals surface area contributed by atoms with Gasteiger partial charge in [0.15, 0.2) is 11.5 Å². The van der Waals surface area contributed by atoms with E-state index in [2.05, 4.69) is 31.2 Å². The minimum Gasteiger partial charge on any atom is -0.444 e. The van der Waals surface area contributed by atoms with Crippen LogP contribution in [0.4, 0.5) is 19.0 Å². The van der Waals surface area contributed by atoms with Crippen LogP contribution in [0.2, 0.25) is 0 Å². The molecule has 12 nitrogen and oxygen atoms in total. The molecule has 0 fully saturated rings. The van der Waals surface area contributed by atoms with Gasteiger partial charge in [0.25, 0.3) is 5.91 Å². The third kappa shape index (κ3) is 9.71. The van der Waals surface area contributed by atoms with Crippen LogP contribution in [-0.2, 0) is 9.59 Å². The summed E-state index contributed by atoms with van der Waals surface area (Å²) in [6.07, 6.45) is -0.0293. The van der Waals surface area contributed by atoms with E-state index in [-0.39, 0.29) is 65.2 Å². The molecule has 3 amide bonds. The lowest BCUT2D eigenvalue weighted by molar-refractivity contribution is -0.127. The summed E-state index contributed by atoms with van der Waals surface area (Å²) in [4.78, 5) is 46.2. The number of pyridine rings is 1. The van der Waals surface area contributed by atoms with E-state index in [1.54, 1.807) is 14.0 Å². The Hall–Kier alpha value is -4.43. The summed E-state index contributed by atoms with van der Waals surface area (Å²) in [6, 6.07) is 2.74. The van der Waals surface area contributed by atoms with Gasteiger partial charge in [0.2, 0.25) is 17.7 Å². The maximum atomic E-state index is 13.0. The zero-order valence-corrected chi connectivity index (χ0v) is 22.6. The van der Waals surface area contributed by atoms with Gasteiger partial charge in [-0.05, 0) is 24.5 Å². The van der Waals surface area contributed by atoms with E-state index in [0.29, 0.717) is 13.0 Å². The SMILES string of the molecule is CCC(=O)N(CC(CC)CNC(C)=O)C(=N)/C(=C\NC)NC(=O)c1coc(-c2ccnc(NCC(F)(F)F)c2)n1. The molecule has 0 saturated carbocycles. The molecule has 0 aliphatic heterocycles. The minimum absolute atomic E-state index is 0.0178. The smallest absolute Gasteiger partial charge is 0.405 e. The molecule has 2 rings (SSSR count). The lowest BCUT2D eigenvalue weighted by Crippen LogP contribution is -2.45. The van der Waals surface area contributed by atoms with Crippen molar-refractivity contribution >= 4 is 29.4 Å². The van der Waals surface area contributed by atoms with Crippen molar-refractivity contribution in [2.45, 2.75) is 39.8 Å². The number of amidine groups is 1. The highest BCUT2D eigenvalue weighted by molar-refractivity contribution is 6.09. The maximum absolute atomic E-state index is 13.0. The van der Waals surface area contributed by atoms with Crippen LogP contribution in [0, 0.1) is 11.3 Å². The number of hydrogen-bond acceptors (Lipinski definition) is 9. The van der Waals surface area contributed by atoms with E-state index in [4.69, 9.17) is 9.83 Å². The molecule has 1 atom stereocenters. The first-order valence-corrected chi connectivity index (χ1v) is 12.4. The van der Waals surface area contributed by atoms with Gasteiger partial charge in [-0.25, -0.2) is 9.97 Å². The number of hydrogen-bond donors (Lipinski definition) is 5. The van der Waals surface area contributed by atoms with E-state index in [1.165, 1.54) is 36.4 Å². The number of nitrogens with one attached hydrogen (secondary N) is 5. The Bertz CT molecular complexity index is 1230. The lowest BCUT2D eigenvalue weighted by Gasteiger charge is -2.28. The molecule has 2 aromatic heterocycles. The second-order valence-corrected chi connectivity index (χ2v) is 8.66. The Morgan fingerprint density at radius 2 is 1.98 bits per heavy atom. The van der Waals surface area contributed by atoms with Gasteiger partial charge >= 0.3 is 6.18 Å². The first kappa shape index (κ1) is 31.8. The van der Waals surface area contributed by atoms with Gasteiger partial charge in [-0.15, -0.1) is 0 Å². The fourth-order valence-electron chi connectivity index (χ4n) is 3.39. The number of alkyl halides is 3. The Kier molecular flexibility index (Phi) is 11.6. The molecule has 0 radical (unpaired) electrons. The standard InChI is InChI=1S/C25H33F3N8O4/c1-5-16(10-32-15(3)37)12-36(21(38)6-2)22(29)18(11-30-4)34-23(39)19-13-40-24(35-19)17-7-8-31-20(9-17)33-14-25(26,27)28/h7-9,11,13,16,29-30H,5-6,10,12,14H2,1-4H3,(H,31,33)(H,32,37)(H,34,39)/b18-11+,29-22?. The lowest BCUT2D eigenvalue weighted by atomic mass is 10.1. The summed E-state index contributed by atoms with van der Waals surface area (Å²) < 4.78 is 42.9. The first-order chi connectivity index (χ1) is 18.9. The van der Waals surface area contributed by atoms with Gasteiger partial charge in [0.05, 0.1) is 5.70 Å². The fraction of sp³-hybridized carbons (Fsp3) is 0.440. The summed E-state index contributed by atoms with van der Waals surface area (Å²) in [7, 11) is 1.55. The minimum atomic E-state index is -4.43. The quantitative estimate of drug-likeness (QED) is 0.182. The largest absolute Gasteiger partial charge is 0.444 e. The highest BCUT2D eigenvalue weighted by Gasteiger charge is 2.27. The third-order valence-corrected chi connectivity index (χ3v) is 5.54. The topological polar surface area (TPSA) is 165 Å². The van der Waals surface area contributed by atoms with Gasteiger partial charge in [0, 0.05) is 51.4 Å². The van der Waals surface area contributed by atoms with Crippen LogP contribution in [0.5, 0.6) is 0 Å². The summed E-state index contributed by atoms with van der Waals surface area (Å²) in [5.74, 6) is -1.81. The van der Waals surface area contributed by atoms with Gasteiger partial charge in [-0.2, -0.15) is 13.2 Å². The molecule has 0 aliphatic carbocycles. The molecule has 40 heavy (non-hydrogen) atoms. The Balaban J connectivity index is 2.20. The monoisotopic (exact) mass is 566 g/mol. The van der Waals surface area contributed by atoms with Gasteiger partial charge in [-0.3, -0.25) is 24.7 Å². The van der Waals surface area contributed by atoms with E-state index in [1.807, 2.05) is 6.92 Å². The molecule has 2 heterocycles. The van der Waals surface area contributed by atoms with E-state index in [9.17, 15) is 27.6 Å². The summed E-state index contributed by atoms with van der Waals surface area (Å²) in [5.41, 5.74) is 0.0922. The summed E-state index contributed by atoms with van der Waals surface area (Å²) in [5, 5.41) is 18.8. The molecular weight excluding hydrogens is 533 g/mol. The highest BCUT2D eigenvalue weighted by Crippen LogP contribution is 2.22. The van der Waals surface area contributed by atoms with Gasteiger partial charge in [-0.1, -0.05) is 13.8 Å². The van der Waals surface area contributed by atoms with Crippen LogP contribution in [0.15, 0.2) is 40.9 Å². The number of halogens is 3. The van der Waals surface area contributed by atoms with Crippen LogP contribution in [-0.4, -0.2) is 71.3 Å². The average Bonchev–Trinajstić information content (AvgIpc) is 3.41. The number of rotatable bonds is 13. The van der Waals surface area contributed by atoms with Crippen molar-refractivity contribution < 1.29 is 32.0 Å². The van der Waals surface area contributed by atoms with Crippen LogP contribution in [0.1, 0.15) is 44.1 Å². The number of anilines is 1. The predicted molar refractivity (Wildman–Crippen MR) is 141 cm³/mol.